The number of benzene rings is 2. The van der Waals surface area contributed by atoms with Crippen LogP contribution in [0.4, 0.5) is 10.5 Å². The average molecular weight is 382 g/mol. The van der Waals surface area contributed by atoms with Crippen molar-refractivity contribution in [3.05, 3.63) is 64.1 Å². The van der Waals surface area contributed by atoms with E-state index >= 15 is 0 Å². The normalized spacial score (nSPS) is 15.5. The molecule has 1 heterocycles. The fourth-order valence-corrected chi connectivity index (χ4v) is 3.42. The Labute approximate surface area is 160 Å². The van der Waals surface area contributed by atoms with Gasteiger partial charge in [0.05, 0.1) is 4.91 Å². The maximum atomic E-state index is 12.5. The minimum Gasteiger partial charge on any atom is -0.508 e. The van der Waals surface area contributed by atoms with Crippen molar-refractivity contribution in [2.75, 3.05) is 11.9 Å². The number of carbonyl (C=O) groups is 3. The molecule has 1 aliphatic rings. The molecule has 6 nitrogen and oxygen atoms in total. The lowest BCUT2D eigenvalue weighted by Crippen LogP contribution is -2.36. The van der Waals surface area contributed by atoms with Crippen LogP contribution in [0.1, 0.15) is 16.7 Å². The van der Waals surface area contributed by atoms with Crippen molar-refractivity contribution in [1.29, 1.82) is 0 Å². The van der Waals surface area contributed by atoms with E-state index < -0.39 is 17.1 Å². The first-order chi connectivity index (χ1) is 12.8. The highest BCUT2D eigenvalue weighted by molar-refractivity contribution is 8.18. The molecule has 27 heavy (non-hydrogen) atoms. The molecule has 3 rings (SSSR count). The molecule has 0 atom stereocenters. The molecule has 2 N–H and O–H groups in total. The molecule has 138 valence electrons. The summed E-state index contributed by atoms with van der Waals surface area (Å²) in [6.07, 6.45) is 1.56. The van der Waals surface area contributed by atoms with Crippen LogP contribution in [0.25, 0.3) is 6.08 Å². The zero-order valence-electron chi connectivity index (χ0n) is 14.9. The highest BCUT2D eigenvalue weighted by Gasteiger charge is 2.36. The second kappa shape index (κ2) is 7.67. The monoisotopic (exact) mass is 382 g/mol. The van der Waals surface area contributed by atoms with Crippen molar-refractivity contribution < 1.29 is 19.5 Å². The highest BCUT2D eigenvalue weighted by Crippen LogP contribution is 2.32. The van der Waals surface area contributed by atoms with Gasteiger partial charge < -0.3 is 10.4 Å². The molecule has 0 unspecified atom stereocenters. The number of anilines is 1. The van der Waals surface area contributed by atoms with Crippen molar-refractivity contribution in [3.63, 3.8) is 0 Å². The van der Waals surface area contributed by atoms with Gasteiger partial charge in [-0.05, 0) is 66.6 Å². The summed E-state index contributed by atoms with van der Waals surface area (Å²) in [5.41, 5.74) is 3.31. The van der Waals surface area contributed by atoms with Crippen molar-refractivity contribution in [1.82, 2.24) is 4.90 Å². The van der Waals surface area contributed by atoms with Crippen LogP contribution >= 0.6 is 11.8 Å². The zero-order chi connectivity index (χ0) is 19.6. The molecule has 0 spiro atoms. The maximum absolute atomic E-state index is 12.5. The number of aromatic hydroxyl groups is 1. The Bertz CT molecular complexity index is 951. The SMILES string of the molecule is Cc1cccc(NC(=O)CN2C(=O)S/C(=C/c3ccc(O)cc3)C2=O)c1C. The van der Waals surface area contributed by atoms with Crippen LogP contribution in [-0.2, 0) is 9.59 Å². The number of amides is 3. The molecule has 1 saturated heterocycles. The summed E-state index contributed by atoms with van der Waals surface area (Å²) in [6, 6.07) is 11.8. The van der Waals surface area contributed by atoms with Gasteiger partial charge in [0.15, 0.2) is 0 Å². The van der Waals surface area contributed by atoms with Crippen LogP contribution in [0.2, 0.25) is 0 Å². The molecule has 0 aromatic heterocycles. The van der Waals surface area contributed by atoms with E-state index in [1.807, 2.05) is 26.0 Å². The molecular weight excluding hydrogens is 364 g/mol. The van der Waals surface area contributed by atoms with E-state index in [0.717, 1.165) is 27.8 Å². The number of rotatable bonds is 4. The molecule has 2 aromatic carbocycles. The smallest absolute Gasteiger partial charge is 0.294 e. The molecule has 1 aliphatic heterocycles. The van der Waals surface area contributed by atoms with Gasteiger partial charge in [0, 0.05) is 5.69 Å². The number of phenolic OH excluding ortho intramolecular Hbond substituents is 1. The molecule has 3 amide bonds. The summed E-state index contributed by atoms with van der Waals surface area (Å²) in [5.74, 6) is -0.825. The van der Waals surface area contributed by atoms with Crippen molar-refractivity contribution in [2.45, 2.75) is 13.8 Å². The van der Waals surface area contributed by atoms with Crippen molar-refractivity contribution >= 4 is 40.6 Å². The Kier molecular flexibility index (Phi) is 5.32. The van der Waals surface area contributed by atoms with Gasteiger partial charge >= 0.3 is 0 Å². The number of nitrogens with zero attached hydrogens (tertiary/aromatic N) is 1. The van der Waals surface area contributed by atoms with E-state index in [0.29, 0.717) is 11.3 Å². The lowest BCUT2D eigenvalue weighted by atomic mass is 10.1. The first kappa shape index (κ1) is 18.7. The van der Waals surface area contributed by atoms with Crippen LogP contribution in [0.15, 0.2) is 47.4 Å². The summed E-state index contributed by atoms with van der Waals surface area (Å²) in [4.78, 5) is 38.1. The number of imide groups is 1. The molecule has 7 heteroatoms. The first-order valence-electron chi connectivity index (χ1n) is 8.25. The summed E-state index contributed by atoms with van der Waals surface area (Å²) in [5, 5.41) is 11.6. The molecular formula is C20H18N2O4S. The Morgan fingerprint density at radius 2 is 1.85 bits per heavy atom. The third-order valence-corrected chi connectivity index (χ3v) is 5.15. The maximum Gasteiger partial charge on any atom is 0.294 e. The summed E-state index contributed by atoms with van der Waals surface area (Å²) >= 11 is 0.791. The van der Waals surface area contributed by atoms with E-state index in [1.54, 1.807) is 24.3 Å². The largest absolute Gasteiger partial charge is 0.508 e. The quantitative estimate of drug-likeness (QED) is 0.788. The van der Waals surface area contributed by atoms with E-state index in [2.05, 4.69) is 5.32 Å². The molecule has 0 radical (unpaired) electrons. The predicted molar refractivity (Wildman–Crippen MR) is 105 cm³/mol. The standard InChI is InChI=1S/C20H18N2O4S/c1-12-4-3-5-16(13(12)2)21-18(24)11-22-19(25)17(27-20(22)26)10-14-6-8-15(23)9-7-14/h3-10,23H,11H2,1-2H3,(H,21,24)/b17-10+. The topological polar surface area (TPSA) is 86.7 Å². The van der Waals surface area contributed by atoms with Crippen molar-refractivity contribution in [3.8, 4) is 5.75 Å². The average Bonchev–Trinajstić information content (AvgIpc) is 2.88. The van der Waals surface area contributed by atoms with Crippen molar-refractivity contribution in [2.24, 2.45) is 0 Å². The summed E-state index contributed by atoms with van der Waals surface area (Å²) in [6.45, 7) is 3.49. The number of carbonyl (C=O) groups excluding carboxylic acids is 3. The van der Waals surface area contributed by atoms with Gasteiger partial charge in [0.2, 0.25) is 5.91 Å². The van der Waals surface area contributed by atoms with Crippen LogP contribution in [0.3, 0.4) is 0 Å². The summed E-state index contributed by atoms with van der Waals surface area (Å²) < 4.78 is 0. The van der Waals surface area contributed by atoms with Crippen LogP contribution in [0, 0.1) is 13.8 Å². The summed E-state index contributed by atoms with van der Waals surface area (Å²) in [7, 11) is 0. The minimum atomic E-state index is -0.505. The van der Waals surface area contributed by atoms with Crippen LogP contribution in [0.5, 0.6) is 5.75 Å². The van der Waals surface area contributed by atoms with E-state index in [9.17, 15) is 19.5 Å². The third-order valence-electron chi connectivity index (χ3n) is 4.24. The van der Waals surface area contributed by atoms with Gasteiger partial charge in [-0.2, -0.15) is 0 Å². The van der Waals surface area contributed by atoms with Gasteiger partial charge in [0.1, 0.15) is 12.3 Å². The Morgan fingerprint density at radius 3 is 2.56 bits per heavy atom. The Morgan fingerprint density at radius 1 is 1.15 bits per heavy atom. The minimum absolute atomic E-state index is 0.114. The van der Waals surface area contributed by atoms with Gasteiger partial charge in [-0.3, -0.25) is 19.3 Å². The van der Waals surface area contributed by atoms with E-state index in [4.69, 9.17) is 0 Å². The fraction of sp³-hybridized carbons (Fsp3) is 0.150. The first-order valence-corrected chi connectivity index (χ1v) is 9.07. The number of hydrogen-bond donors (Lipinski definition) is 2. The highest BCUT2D eigenvalue weighted by atomic mass is 32.2. The zero-order valence-corrected chi connectivity index (χ0v) is 15.7. The van der Waals surface area contributed by atoms with E-state index in [-0.39, 0.29) is 17.2 Å². The second-order valence-electron chi connectivity index (χ2n) is 6.16. The Balaban J connectivity index is 1.71. The number of hydrogen-bond acceptors (Lipinski definition) is 5. The number of aryl methyl sites for hydroxylation is 1. The van der Waals surface area contributed by atoms with Gasteiger partial charge in [-0.1, -0.05) is 24.3 Å². The molecule has 0 aliphatic carbocycles. The molecule has 2 aromatic rings. The molecule has 0 saturated carbocycles. The lowest BCUT2D eigenvalue weighted by molar-refractivity contribution is -0.127. The molecule has 1 fully saturated rings. The van der Waals surface area contributed by atoms with Gasteiger partial charge in [-0.25, -0.2) is 0 Å². The van der Waals surface area contributed by atoms with Gasteiger partial charge in [0.25, 0.3) is 11.1 Å². The van der Waals surface area contributed by atoms with Gasteiger partial charge in [-0.15, -0.1) is 0 Å². The van der Waals surface area contributed by atoms with E-state index in [1.165, 1.54) is 12.1 Å². The Hall–Kier alpha value is -3.06. The molecule has 0 bridgehead atoms. The second-order valence-corrected chi connectivity index (χ2v) is 7.15. The fourth-order valence-electron chi connectivity index (χ4n) is 2.58. The van der Waals surface area contributed by atoms with Crippen LogP contribution < -0.4 is 5.32 Å². The number of phenols is 1. The third kappa shape index (κ3) is 4.20. The predicted octanol–water partition coefficient (Wildman–Crippen LogP) is 3.68. The van der Waals surface area contributed by atoms with Crippen LogP contribution in [-0.4, -0.2) is 33.6 Å². The number of nitrogens with one attached hydrogen (secondary N) is 1. The number of thioether (sulfide) groups is 1. The lowest BCUT2D eigenvalue weighted by Gasteiger charge is -2.14.